The Bertz CT molecular complexity index is 992. The number of ether oxygens (including phenoxy) is 1. The van der Waals surface area contributed by atoms with Crippen LogP contribution in [-0.2, 0) is 14.3 Å². The van der Waals surface area contributed by atoms with E-state index in [0.717, 1.165) is 44.9 Å². The third kappa shape index (κ3) is 3.30. The van der Waals surface area contributed by atoms with Gasteiger partial charge in [0.2, 0.25) is 0 Å². The summed E-state index contributed by atoms with van der Waals surface area (Å²) in [6.07, 6.45) is 12.7. The molecule has 36 heavy (non-hydrogen) atoms. The molecule has 0 heterocycles. The van der Waals surface area contributed by atoms with Crippen molar-refractivity contribution in [2.45, 2.75) is 126 Å². The Morgan fingerprint density at radius 3 is 2.11 bits per heavy atom. The van der Waals surface area contributed by atoms with E-state index in [1.165, 1.54) is 24.8 Å². The van der Waals surface area contributed by atoms with E-state index in [9.17, 15) is 14.7 Å². The lowest BCUT2D eigenvalue weighted by atomic mass is 9.32. The largest absolute Gasteiger partial charge is 0.481 e. The molecule has 5 aliphatic carbocycles. The van der Waals surface area contributed by atoms with Crippen molar-refractivity contribution in [3.63, 3.8) is 0 Å². The first-order valence-corrected chi connectivity index (χ1v) is 14.7. The Balaban J connectivity index is 1.54. The number of carbonyl (C=O) groups is 2. The van der Waals surface area contributed by atoms with E-state index in [0.29, 0.717) is 17.8 Å². The van der Waals surface area contributed by atoms with Gasteiger partial charge in [0, 0.05) is 12.3 Å². The fourth-order valence-corrected chi connectivity index (χ4v) is 11.1. The number of esters is 1. The van der Waals surface area contributed by atoms with E-state index < -0.39 is 11.4 Å². The highest BCUT2D eigenvalue weighted by molar-refractivity contribution is 5.80. The minimum Gasteiger partial charge on any atom is -0.481 e. The van der Waals surface area contributed by atoms with Gasteiger partial charge in [-0.3, -0.25) is 9.59 Å². The average molecular weight is 499 g/mol. The third-order valence-corrected chi connectivity index (χ3v) is 13.3. The molecule has 4 saturated carbocycles. The maximum Gasteiger partial charge on any atom is 0.313 e. The van der Waals surface area contributed by atoms with Gasteiger partial charge in [-0.15, -0.1) is 0 Å². The first-order valence-electron chi connectivity index (χ1n) is 14.7. The van der Waals surface area contributed by atoms with Crippen LogP contribution in [0.15, 0.2) is 11.6 Å². The monoisotopic (exact) mass is 498 g/mol. The molecule has 4 fully saturated rings. The van der Waals surface area contributed by atoms with Crippen molar-refractivity contribution in [3.8, 4) is 0 Å². The van der Waals surface area contributed by atoms with Crippen molar-refractivity contribution < 1.29 is 19.4 Å². The van der Waals surface area contributed by atoms with E-state index in [2.05, 4.69) is 54.5 Å². The lowest BCUT2D eigenvalue weighted by Gasteiger charge is -2.72. The molecule has 0 aliphatic heterocycles. The van der Waals surface area contributed by atoms with Crippen LogP contribution in [0.5, 0.6) is 0 Å². The molecule has 0 aromatic carbocycles. The van der Waals surface area contributed by atoms with Gasteiger partial charge in [-0.2, -0.15) is 0 Å². The van der Waals surface area contributed by atoms with Gasteiger partial charge < -0.3 is 9.84 Å². The van der Waals surface area contributed by atoms with Crippen LogP contribution in [0.4, 0.5) is 0 Å². The molecule has 5 rings (SSSR count). The molecule has 0 amide bonds. The topological polar surface area (TPSA) is 63.6 Å². The summed E-state index contributed by atoms with van der Waals surface area (Å²) in [7, 11) is 0. The standard InChI is InChI=1S/C32H50O4/c1-20(33)36-25-12-13-29(6)23(28(25,4)5)11-14-31(8)24(29)10-9-21-22-19-27(2,3)15-17-32(22,26(34)35)18-16-30(21,31)7/h19,21,23-25H,9-18H2,1-8H3,(H,34,35)/t21?,23?,24-,25-,29+,30-,31-,32+/m1/s1. The number of hydrogen-bond donors (Lipinski definition) is 1. The second-order valence-corrected chi connectivity index (χ2v) is 15.5. The lowest BCUT2D eigenvalue weighted by molar-refractivity contribution is -0.233. The normalized spacial score (nSPS) is 48.8. The lowest BCUT2D eigenvalue weighted by Crippen LogP contribution is -2.66. The number of allylic oxidation sites excluding steroid dienone is 1. The Morgan fingerprint density at radius 1 is 0.806 bits per heavy atom. The minimum atomic E-state index is -0.645. The molecule has 4 heteroatoms. The summed E-state index contributed by atoms with van der Waals surface area (Å²) in [6, 6.07) is 0. The van der Waals surface area contributed by atoms with Crippen LogP contribution in [0.1, 0.15) is 120 Å². The quantitative estimate of drug-likeness (QED) is 0.311. The summed E-state index contributed by atoms with van der Waals surface area (Å²) in [6.45, 7) is 18.5. The number of carboxylic acid groups (broad SMARTS) is 1. The van der Waals surface area contributed by atoms with E-state index in [-0.39, 0.29) is 39.1 Å². The summed E-state index contributed by atoms with van der Waals surface area (Å²) >= 11 is 0. The Morgan fingerprint density at radius 2 is 1.47 bits per heavy atom. The number of carbonyl (C=O) groups excluding carboxylic acids is 1. The molecule has 0 aromatic rings. The maximum atomic E-state index is 12.8. The van der Waals surface area contributed by atoms with Gasteiger partial charge in [-0.25, -0.2) is 0 Å². The van der Waals surface area contributed by atoms with Crippen LogP contribution in [-0.4, -0.2) is 23.1 Å². The predicted molar refractivity (Wildman–Crippen MR) is 142 cm³/mol. The maximum absolute atomic E-state index is 12.8. The average Bonchev–Trinajstić information content (AvgIpc) is 2.75. The summed E-state index contributed by atoms with van der Waals surface area (Å²) < 4.78 is 5.88. The number of hydrogen-bond acceptors (Lipinski definition) is 3. The smallest absolute Gasteiger partial charge is 0.313 e. The first kappa shape index (κ1) is 26.3. The zero-order valence-electron chi connectivity index (χ0n) is 24.1. The van der Waals surface area contributed by atoms with Crippen molar-refractivity contribution in [1.82, 2.24) is 0 Å². The van der Waals surface area contributed by atoms with Gasteiger partial charge in [0.1, 0.15) is 6.10 Å². The van der Waals surface area contributed by atoms with Gasteiger partial charge in [0.15, 0.2) is 0 Å². The highest BCUT2D eigenvalue weighted by atomic mass is 16.5. The molecule has 0 aromatic heterocycles. The SMILES string of the molecule is CC(=O)O[C@@H]1CC[C@@]2(C)C(CC[C@]3(C)[C@@H]2CCC2C4=CC(C)(C)CC[C@]4(C(=O)O)CC[C@]23C)C1(C)C. The zero-order chi connectivity index (χ0) is 26.5. The van der Waals surface area contributed by atoms with Crippen LogP contribution in [0, 0.1) is 50.2 Å². The second kappa shape index (κ2) is 7.85. The van der Waals surface area contributed by atoms with Crippen LogP contribution in [0.3, 0.4) is 0 Å². The van der Waals surface area contributed by atoms with E-state index in [1.54, 1.807) is 6.92 Å². The third-order valence-electron chi connectivity index (χ3n) is 13.3. The molecule has 5 aliphatic rings. The number of fused-ring (bicyclic) bond motifs is 7. The van der Waals surface area contributed by atoms with Crippen LogP contribution < -0.4 is 0 Å². The molecular weight excluding hydrogens is 448 g/mol. The van der Waals surface area contributed by atoms with E-state index >= 15 is 0 Å². The summed E-state index contributed by atoms with van der Waals surface area (Å²) in [5, 5.41) is 10.5. The number of rotatable bonds is 2. The molecule has 1 N–H and O–H groups in total. The molecule has 8 atom stereocenters. The summed E-state index contributed by atoms with van der Waals surface area (Å²) in [5.74, 6) is 0.791. The number of carboxylic acids is 1. The van der Waals surface area contributed by atoms with Gasteiger partial charge in [0.25, 0.3) is 0 Å². The van der Waals surface area contributed by atoms with Crippen molar-refractivity contribution in [2.24, 2.45) is 50.2 Å². The van der Waals surface area contributed by atoms with Gasteiger partial charge in [0.05, 0.1) is 5.41 Å². The summed E-state index contributed by atoms with van der Waals surface area (Å²) in [5.41, 5.74) is 1.23. The van der Waals surface area contributed by atoms with Crippen LogP contribution in [0.25, 0.3) is 0 Å². The Labute approximate surface area is 219 Å². The highest BCUT2D eigenvalue weighted by Gasteiger charge is 2.70. The molecule has 2 unspecified atom stereocenters. The molecule has 4 nitrogen and oxygen atoms in total. The van der Waals surface area contributed by atoms with Gasteiger partial charge >= 0.3 is 11.9 Å². The van der Waals surface area contributed by atoms with Crippen molar-refractivity contribution >= 4 is 11.9 Å². The van der Waals surface area contributed by atoms with Gasteiger partial charge in [-0.05, 0) is 104 Å². The first-order chi connectivity index (χ1) is 16.5. The van der Waals surface area contributed by atoms with E-state index in [4.69, 9.17) is 4.74 Å². The summed E-state index contributed by atoms with van der Waals surface area (Å²) in [4.78, 5) is 24.7. The van der Waals surface area contributed by atoms with Gasteiger partial charge in [-0.1, -0.05) is 60.1 Å². The molecule has 0 radical (unpaired) electrons. The Hall–Kier alpha value is -1.32. The highest BCUT2D eigenvalue weighted by Crippen LogP contribution is 2.76. The van der Waals surface area contributed by atoms with Crippen molar-refractivity contribution in [1.29, 1.82) is 0 Å². The molecule has 0 bridgehead atoms. The fourth-order valence-electron chi connectivity index (χ4n) is 11.1. The van der Waals surface area contributed by atoms with Crippen LogP contribution >= 0.6 is 0 Å². The van der Waals surface area contributed by atoms with E-state index in [1.807, 2.05) is 0 Å². The van der Waals surface area contributed by atoms with Crippen molar-refractivity contribution in [3.05, 3.63) is 11.6 Å². The zero-order valence-corrected chi connectivity index (χ0v) is 24.1. The molecule has 202 valence electrons. The molecular formula is C32H50O4. The Kier molecular flexibility index (Phi) is 5.74. The van der Waals surface area contributed by atoms with Crippen LogP contribution in [0.2, 0.25) is 0 Å². The second-order valence-electron chi connectivity index (χ2n) is 15.5. The number of aliphatic carboxylic acids is 1. The predicted octanol–water partition coefficient (Wildman–Crippen LogP) is 7.80. The molecule has 0 saturated heterocycles. The molecule has 0 spiro atoms. The minimum absolute atomic E-state index is 0.00449. The van der Waals surface area contributed by atoms with Crippen molar-refractivity contribution in [2.75, 3.05) is 0 Å². The fraction of sp³-hybridized carbons (Fsp3) is 0.875.